The number of ether oxygens (including phenoxy) is 2. The van der Waals surface area contributed by atoms with Crippen molar-refractivity contribution in [2.75, 3.05) is 53.3 Å². The van der Waals surface area contributed by atoms with Crippen LogP contribution in [0, 0.1) is 0 Å². The van der Waals surface area contributed by atoms with Crippen molar-refractivity contribution in [3.05, 3.63) is 29.3 Å². The van der Waals surface area contributed by atoms with Crippen molar-refractivity contribution in [2.45, 2.75) is 17.6 Å². The largest absolute Gasteiger partial charge is 0.492 e. The number of nitrogens with one attached hydrogen (secondary N) is 1. The Morgan fingerprint density at radius 2 is 2.15 bits per heavy atom. The molecular formula is C18H29ClIN3O2S. The molecule has 148 valence electrons. The molecule has 0 spiro atoms. The highest BCUT2D eigenvalue weighted by Crippen LogP contribution is 2.33. The van der Waals surface area contributed by atoms with Crippen LogP contribution in [-0.4, -0.2) is 68.9 Å². The van der Waals surface area contributed by atoms with Gasteiger partial charge in [-0.25, -0.2) is 0 Å². The maximum Gasteiger partial charge on any atom is 0.193 e. The second kappa shape index (κ2) is 12.2. The lowest BCUT2D eigenvalue weighted by Crippen LogP contribution is -2.48. The van der Waals surface area contributed by atoms with Crippen molar-refractivity contribution in [1.29, 1.82) is 0 Å². The number of hydrogen-bond donors (Lipinski definition) is 1. The quantitative estimate of drug-likeness (QED) is 0.342. The number of thioether (sulfide) groups is 1. The summed E-state index contributed by atoms with van der Waals surface area (Å²) in [6, 6.07) is 7.45. The predicted molar refractivity (Wildman–Crippen MR) is 123 cm³/mol. The van der Waals surface area contributed by atoms with Crippen LogP contribution < -0.4 is 10.1 Å². The van der Waals surface area contributed by atoms with E-state index in [1.54, 1.807) is 0 Å². The maximum absolute atomic E-state index is 5.97. The Morgan fingerprint density at radius 1 is 1.42 bits per heavy atom. The van der Waals surface area contributed by atoms with Gasteiger partial charge in [-0.3, -0.25) is 4.99 Å². The molecule has 0 amide bonds. The second-order valence-electron chi connectivity index (χ2n) is 6.13. The number of benzene rings is 1. The van der Waals surface area contributed by atoms with Crippen LogP contribution in [0.2, 0.25) is 5.02 Å². The topological polar surface area (TPSA) is 46.1 Å². The molecule has 2 rings (SSSR count). The standard InChI is InChI=1S/C18H28ClN3O2S.HI/c1-20-17(21-14-18(25-3)7-10-23-11-8-18)22(2)9-12-24-16-6-4-5-15(19)13-16;/h4-6,13H,7-12,14H2,1-3H3,(H,20,21);1H. The van der Waals surface area contributed by atoms with E-state index in [4.69, 9.17) is 21.1 Å². The average Bonchev–Trinajstić information content (AvgIpc) is 2.63. The molecule has 1 N–H and O–H groups in total. The molecule has 1 aromatic rings. The minimum absolute atomic E-state index is 0. The first-order valence-electron chi connectivity index (χ1n) is 8.51. The fourth-order valence-corrected chi connectivity index (χ4v) is 3.76. The number of hydrogen-bond acceptors (Lipinski definition) is 4. The number of nitrogens with zero attached hydrogens (tertiary/aromatic N) is 2. The van der Waals surface area contributed by atoms with Crippen molar-refractivity contribution in [3.63, 3.8) is 0 Å². The zero-order chi connectivity index (χ0) is 18.1. The summed E-state index contributed by atoms with van der Waals surface area (Å²) in [6.07, 6.45) is 4.32. The van der Waals surface area contributed by atoms with Crippen molar-refractivity contribution < 1.29 is 9.47 Å². The van der Waals surface area contributed by atoms with Gasteiger partial charge in [0.15, 0.2) is 5.96 Å². The van der Waals surface area contributed by atoms with Crippen LogP contribution in [0.15, 0.2) is 29.3 Å². The van der Waals surface area contributed by atoms with E-state index in [-0.39, 0.29) is 28.7 Å². The van der Waals surface area contributed by atoms with Gasteiger partial charge in [0, 0.05) is 43.6 Å². The number of likely N-dealkylation sites (N-methyl/N-ethyl adjacent to an activating group) is 1. The Bertz CT molecular complexity index is 571. The molecule has 1 heterocycles. The molecule has 0 radical (unpaired) electrons. The maximum atomic E-state index is 5.97. The Labute approximate surface area is 183 Å². The highest BCUT2D eigenvalue weighted by Gasteiger charge is 2.32. The van der Waals surface area contributed by atoms with E-state index in [1.165, 1.54) is 0 Å². The van der Waals surface area contributed by atoms with E-state index in [0.717, 1.165) is 50.9 Å². The summed E-state index contributed by atoms with van der Waals surface area (Å²) in [5, 5.41) is 4.19. The van der Waals surface area contributed by atoms with Crippen LogP contribution in [0.25, 0.3) is 0 Å². The molecule has 1 saturated heterocycles. The van der Waals surface area contributed by atoms with Gasteiger partial charge in [0.2, 0.25) is 0 Å². The fourth-order valence-electron chi connectivity index (χ4n) is 2.78. The van der Waals surface area contributed by atoms with E-state index in [0.29, 0.717) is 11.6 Å². The first-order valence-corrected chi connectivity index (χ1v) is 10.1. The highest BCUT2D eigenvalue weighted by atomic mass is 127. The molecule has 1 aliphatic heterocycles. The van der Waals surface area contributed by atoms with Gasteiger partial charge in [-0.15, -0.1) is 24.0 Å². The Balaban J connectivity index is 0.00000338. The molecule has 0 bridgehead atoms. The van der Waals surface area contributed by atoms with Crippen LogP contribution >= 0.6 is 47.3 Å². The minimum atomic E-state index is 0. The van der Waals surface area contributed by atoms with Crippen molar-refractivity contribution >= 4 is 53.3 Å². The van der Waals surface area contributed by atoms with Crippen LogP contribution in [-0.2, 0) is 4.74 Å². The highest BCUT2D eigenvalue weighted by molar-refractivity contribution is 14.0. The number of aliphatic imine (C=N–C) groups is 1. The molecule has 5 nitrogen and oxygen atoms in total. The van der Waals surface area contributed by atoms with Gasteiger partial charge in [0.25, 0.3) is 0 Å². The van der Waals surface area contributed by atoms with Gasteiger partial charge in [-0.05, 0) is 37.3 Å². The van der Waals surface area contributed by atoms with Gasteiger partial charge in [-0.1, -0.05) is 17.7 Å². The summed E-state index contributed by atoms with van der Waals surface area (Å²) in [5.41, 5.74) is 0. The molecule has 1 fully saturated rings. The zero-order valence-corrected chi connectivity index (χ0v) is 19.6. The van der Waals surface area contributed by atoms with E-state index in [2.05, 4.69) is 21.5 Å². The SMILES string of the molecule is CN=C(NCC1(SC)CCOCC1)N(C)CCOc1cccc(Cl)c1.I. The molecule has 1 aromatic carbocycles. The zero-order valence-electron chi connectivity index (χ0n) is 15.7. The summed E-state index contributed by atoms with van der Waals surface area (Å²) < 4.78 is 11.5. The van der Waals surface area contributed by atoms with E-state index in [1.807, 2.05) is 50.1 Å². The Kier molecular flexibility index (Phi) is 11.1. The third-order valence-electron chi connectivity index (χ3n) is 4.47. The molecule has 8 heteroatoms. The molecule has 0 saturated carbocycles. The van der Waals surface area contributed by atoms with Crippen molar-refractivity contribution in [2.24, 2.45) is 4.99 Å². The van der Waals surface area contributed by atoms with Crippen molar-refractivity contribution in [1.82, 2.24) is 10.2 Å². The van der Waals surface area contributed by atoms with Crippen LogP contribution in [0.3, 0.4) is 0 Å². The summed E-state index contributed by atoms with van der Waals surface area (Å²) >= 11 is 7.89. The summed E-state index contributed by atoms with van der Waals surface area (Å²) in [7, 11) is 3.83. The fraction of sp³-hybridized carbons (Fsp3) is 0.611. The first kappa shape index (κ1) is 23.7. The van der Waals surface area contributed by atoms with E-state index < -0.39 is 0 Å². The number of rotatable bonds is 7. The molecular weight excluding hydrogens is 485 g/mol. The lowest BCUT2D eigenvalue weighted by molar-refractivity contribution is 0.0781. The van der Waals surface area contributed by atoms with Crippen LogP contribution in [0.1, 0.15) is 12.8 Å². The smallest absolute Gasteiger partial charge is 0.193 e. The normalized spacial score (nSPS) is 16.5. The molecule has 0 unspecified atom stereocenters. The van der Waals surface area contributed by atoms with Crippen LogP contribution in [0.5, 0.6) is 5.75 Å². The third-order valence-corrected chi connectivity index (χ3v) is 6.12. The monoisotopic (exact) mass is 513 g/mol. The number of guanidine groups is 1. The summed E-state index contributed by atoms with van der Waals surface area (Å²) in [5.74, 6) is 1.67. The Hall–Kier alpha value is -0.380. The van der Waals surface area contributed by atoms with Gasteiger partial charge in [-0.2, -0.15) is 11.8 Å². The van der Waals surface area contributed by atoms with Crippen LogP contribution in [0.4, 0.5) is 0 Å². The number of halogens is 2. The lowest BCUT2D eigenvalue weighted by Gasteiger charge is -2.36. The first-order chi connectivity index (χ1) is 12.1. The van der Waals surface area contributed by atoms with Crippen molar-refractivity contribution in [3.8, 4) is 5.75 Å². The molecule has 0 aromatic heterocycles. The summed E-state index contributed by atoms with van der Waals surface area (Å²) in [6.45, 7) is 3.87. The second-order valence-corrected chi connectivity index (χ2v) is 7.84. The molecule has 1 aliphatic rings. The molecule has 0 atom stereocenters. The van der Waals surface area contributed by atoms with E-state index >= 15 is 0 Å². The lowest BCUT2D eigenvalue weighted by atomic mass is 9.99. The average molecular weight is 514 g/mol. The van der Waals surface area contributed by atoms with E-state index in [9.17, 15) is 0 Å². The molecule has 0 aliphatic carbocycles. The molecule has 26 heavy (non-hydrogen) atoms. The minimum Gasteiger partial charge on any atom is -0.492 e. The van der Waals surface area contributed by atoms with Gasteiger partial charge in [0.05, 0.1) is 6.54 Å². The summed E-state index contributed by atoms with van der Waals surface area (Å²) in [4.78, 5) is 6.47. The Morgan fingerprint density at radius 3 is 2.77 bits per heavy atom. The predicted octanol–water partition coefficient (Wildman–Crippen LogP) is 3.76. The third kappa shape index (κ3) is 7.32. The van der Waals surface area contributed by atoms with Gasteiger partial charge >= 0.3 is 0 Å². The van der Waals surface area contributed by atoms with Gasteiger partial charge in [0.1, 0.15) is 12.4 Å². The van der Waals surface area contributed by atoms with Gasteiger partial charge < -0.3 is 19.7 Å².